The quantitative estimate of drug-likeness (QED) is 0.603. The number of nitrogens with one attached hydrogen (secondary N) is 1. The monoisotopic (exact) mass is 322 g/mol. The first-order chi connectivity index (χ1) is 10.6. The Kier molecular flexibility index (Phi) is 5.46. The van der Waals surface area contributed by atoms with Gasteiger partial charge in [0.2, 0.25) is 0 Å². The molecule has 0 saturated heterocycles. The molecule has 0 fully saturated rings. The maximum absolute atomic E-state index is 12.3. The summed E-state index contributed by atoms with van der Waals surface area (Å²) < 4.78 is 4.73. The Bertz CT molecular complexity index is 598. The van der Waals surface area contributed by atoms with Crippen molar-refractivity contribution < 1.29 is 19.4 Å². The van der Waals surface area contributed by atoms with Crippen molar-refractivity contribution in [2.24, 2.45) is 0 Å². The van der Waals surface area contributed by atoms with Gasteiger partial charge in [0.05, 0.1) is 25.8 Å². The van der Waals surface area contributed by atoms with Gasteiger partial charge in [0.25, 0.3) is 5.91 Å². The van der Waals surface area contributed by atoms with Gasteiger partial charge in [0, 0.05) is 17.1 Å². The van der Waals surface area contributed by atoms with Crippen LogP contribution in [0.15, 0.2) is 40.4 Å². The average molecular weight is 322 g/mol. The highest BCUT2D eigenvalue weighted by molar-refractivity contribution is 7.98. The number of anilines is 1. The number of aliphatic hydroxyl groups is 1. The van der Waals surface area contributed by atoms with Crippen LogP contribution in [0.3, 0.4) is 0 Å². The summed E-state index contributed by atoms with van der Waals surface area (Å²) in [5, 5.41) is 12.0. The second-order valence-corrected chi connectivity index (χ2v) is 5.53. The van der Waals surface area contributed by atoms with Crippen LogP contribution < -0.4 is 5.32 Å². The molecule has 0 radical (unpaired) electrons. The molecule has 7 heteroatoms. The third-order valence-electron chi connectivity index (χ3n) is 3.31. The first kappa shape index (κ1) is 16.4. The Labute approximate surface area is 133 Å². The predicted molar refractivity (Wildman–Crippen MR) is 84.6 cm³/mol. The molecule has 0 unspecified atom stereocenters. The van der Waals surface area contributed by atoms with Crippen LogP contribution in [-0.4, -0.2) is 54.9 Å². The second kappa shape index (κ2) is 7.33. The molecule has 0 saturated carbocycles. The largest absolute Gasteiger partial charge is 0.466 e. The zero-order valence-corrected chi connectivity index (χ0v) is 13.3. The Morgan fingerprint density at radius 1 is 1.41 bits per heavy atom. The van der Waals surface area contributed by atoms with Crippen LogP contribution in [0.5, 0.6) is 0 Å². The van der Waals surface area contributed by atoms with Crippen LogP contribution in [0.1, 0.15) is 0 Å². The molecule has 1 aromatic rings. The van der Waals surface area contributed by atoms with Gasteiger partial charge in [-0.1, -0.05) is 0 Å². The molecule has 1 aliphatic heterocycles. The third kappa shape index (κ3) is 3.42. The highest BCUT2D eigenvalue weighted by Crippen LogP contribution is 2.24. The van der Waals surface area contributed by atoms with Gasteiger partial charge in [-0.05, 0) is 30.5 Å². The van der Waals surface area contributed by atoms with Crippen LogP contribution >= 0.6 is 11.8 Å². The van der Waals surface area contributed by atoms with E-state index in [1.54, 1.807) is 11.8 Å². The van der Waals surface area contributed by atoms with Crippen LogP contribution in [0, 0.1) is 0 Å². The molecule has 0 bridgehead atoms. The van der Waals surface area contributed by atoms with Crippen molar-refractivity contribution in [1.29, 1.82) is 0 Å². The van der Waals surface area contributed by atoms with Crippen molar-refractivity contribution in [1.82, 2.24) is 4.90 Å². The average Bonchev–Trinajstić information content (AvgIpc) is 2.85. The standard InChI is InChI=1S/C15H18N2O4S/c1-21-15(20)12-9-17(7-8-18)14(19)13(12)16-10-3-5-11(22-2)6-4-10/h3-6,16,18H,7-9H2,1-2H3. The molecule has 1 amide bonds. The van der Waals surface area contributed by atoms with Crippen LogP contribution in [0.25, 0.3) is 0 Å². The molecule has 6 nitrogen and oxygen atoms in total. The molecular formula is C15H18N2O4S. The number of ether oxygens (including phenoxy) is 1. The maximum atomic E-state index is 12.3. The Hall–Kier alpha value is -1.99. The Morgan fingerprint density at radius 2 is 2.09 bits per heavy atom. The zero-order valence-electron chi connectivity index (χ0n) is 12.5. The van der Waals surface area contributed by atoms with Gasteiger partial charge in [0.1, 0.15) is 5.70 Å². The summed E-state index contributed by atoms with van der Waals surface area (Å²) in [6.45, 7) is 0.156. The minimum Gasteiger partial charge on any atom is -0.466 e. The fourth-order valence-corrected chi connectivity index (χ4v) is 2.58. The number of aliphatic hydroxyl groups excluding tert-OH is 1. The molecule has 0 spiro atoms. The van der Waals surface area contributed by atoms with E-state index in [0.29, 0.717) is 5.69 Å². The molecular weight excluding hydrogens is 304 g/mol. The highest BCUT2D eigenvalue weighted by Gasteiger charge is 2.34. The summed E-state index contributed by atoms with van der Waals surface area (Å²) in [5.41, 5.74) is 1.19. The first-order valence-corrected chi connectivity index (χ1v) is 7.95. The summed E-state index contributed by atoms with van der Waals surface area (Å²) in [6.07, 6.45) is 1.98. The molecule has 0 aliphatic carbocycles. The van der Waals surface area contributed by atoms with Gasteiger partial charge in [-0.2, -0.15) is 0 Å². The number of carbonyl (C=O) groups is 2. The minimum absolute atomic E-state index is 0.136. The third-order valence-corrected chi connectivity index (χ3v) is 4.06. The number of rotatable bonds is 6. The number of methoxy groups -OCH3 is 1. The van der Waals surface area contributed by atoms with Crippen molar-refractivity contribution in [2.45, 2.75) is 4.90 Å². The number of nitrogens with zero attached hydrogens (tertiary/aromatic N) is 1. The lowest BCUT2D eigenvalue weighted by Crippen LogP contribution is -2.31. The first-order valence-electron chi connectivity index (χ1n) is 6.73. The van der Waals surface area contributed by atoms with E-state index in [4.69, 9.17) is 9.84 Å². The van der Waals surface area contributed by atoms with Gasteiger partial charge < -0.3 is 20.1 Å². The van der Waals surface area contributed by atoms with E-state index in [-0.39, 0.29) is 36.9 Å². The molecule has 22 heavy (non-hydrogen) atoms. The van der Waals surface area contributed by atoms with Gasteiger partial charge in [0.15, 0.2) is 0 Å². The van der Waals surface area contributed by atoms with Crippen molar-refractivity contribution >= 4 is 29.3 Å². The number of esters is 1. The maximum Gasteiger partial charge on any atom is 0.337 e. The van der Waals surface area contributed by atoms with Crippen LogP contribution in [-0.2, 0) is 14.3 Å². The Balaban J connectivity index is 2.25. The summed E-state index contributed by atoms with van der Waals surface area (Å²) in [4.78, 5) is 26.7. The molecule has 0 aromatic heterocycles. The van der Waals surface area contributed by atoms with E-state index in [1.165, 1.54) is 12.0 Å². The van der Waals surface area contributed by atoms with Crippen molar-refractivity contribution in [3.05, 3.63) is 35.5 Å². The molecule has 1 aliphatic rings. The lowest BCUT2D eigenvalue weighted by molar-refractivity contribution is -0.136. The van der Waals surface area contributed by atoms with Crippen molar-refractivity contribution in [3.8, 4) is 0 Å². The smallest absolute Gasteiger partial charge is 0.337 e. The van der Waals surface area contributed by atoms with E-state index in [0.717, 1.165) is 4.90 Å². The SMILES string of the molecule is COC(=O)C1=C(Nc2ccc(SC)cc2)C(=O)N(CCO)C1. The number of carbonyl (C=O) groups excluding carboxylic acids is 2. The fraction of sp³-hybridized carbons (Fsp3) is 0.333. The van der Waals surface area contributed by atoms with Crippen molar-refractivity contribution in [3.63, 3.8) is 0 Å². The number of benzene rings is 1. The molecule has 118 valence electrons. The molecule has 0 atom stereocenters. The minimum atomic E-state index is -0.544. The lowest BCUT2D eigenvalue weighted by atomic mass is 10.2. The van der Waals surface area contributed by atoms with Gasteiger partial charge >= 0.3 is 5.97 Å². The van der Waals surface area contributed by atoms with Gasteiger partial charge in [-0.3, -0.25) is 4.79 Å². The summed E-state index contributed by atoms with van der Waals surface area (Å²) in [7, 11) is 1.28. The highest BCUT2D eigenvalue weighted by atomic mass is 32.2. The number of hydrogen-bond donors (Lipinski definition) is 2. The van der Waals surface area contributed by atoms with E-state index < -0.39 is 5.97 Å². The molecule has 2 rings (SSSR count). The summed E-state index contributed by atoms with van der Waals surface area (Å²) in [5.74, 6) is -0.861. The molecule has 1 heterocycles. The number of hydrogen-bond acceptors (Lipinski definition) is 6. The second-order valence-electron chi connectivity index (χ2n) is 4.65. The fourth-order valence-electron chi connectivity index (χ4n) is 2.17. The van der Waals surface area contributed by atoms with Crippen LogP contribution in [0.2, 0.25) is 0 Å². The number of β-amino-alcohol motifs (C(OH)–C–C–N with tert-alkyl or cyclic N) is 1. The van der Waals surface area contributed by atoms with Gasteiger partial charge in [-0.15, -0.1) is 11.8 Å². The topological polar surface area (TPSA) is 78.9 Å². The zero-order chi connectivity index (χ0) is 16.1. The lowest BCUT2D eigenvalue weighted by Gasteiger charge is -2.15. The van der Waals surface area contributed by atoms with Crippen molar-refractivity contribution in [2.75, 3.05) is 38.4 Å². The summed E-state index contributed by atoms with van der Waals surface area (Å²) >= 11 is 1.62. The number of thioether (sulfide) groups is 1. The normalized spacial score (nSPS) is 14.5. The summed E-state index contributed by atoms with van der Waals surface area (Å²) in [6, 6.07) is 7.54. The van der Waals surface area contributed by atoms with E-state index in [1.807, 2.05) is 30.5 Å². The van der Waals surface area contributed by atoms with E-state index >= 15 is 0 Å². The van der Waals surface area contributed by atoms with E-state index in [9.17, 15) is 9.59 Å². The molecule has 1 aromatic carbocycles. The number of amides is 1. The predicted octanol–water partition coefficient (Wildman–Crippen LogP) is 1.08. The Morgan fingerprint density at radius 3 is 2.64 bits per heavy atom. The van der Waals surface area contributed by atoms with Gasteiger partial charge in [-0.25, -0.2) is 4.79 Å². The molecule has 2 N–H and O–H groups in total. The van der Waals surface area contributed by atoms with Crippen LogP contribution in [0.4, 0.5) is 5.69 Å². The van der Waals surface area contributed by atoms with E-state index in [2.05, 4.69) is 5.32 Å².